The molecular weight excluding hydrogens is 421 g/mol. The molecule has 0 aromatic heterocycles. The Bertz CT molecular complexity index is 522. The first-order chi connectivity index (χ1) is 8.88. The van der Waals surface area contributed by atoms with E-state index in [1.807, 2.05) is 0 Å². The van der Waals surface area contributed by atoms with Gasteiger partial charge in [-0.2, -0.15) is 0 Å². The monoisotopic (exact) mass is 443 g/mol. The summed E-state index contributed by atoms with van der Waals surface area (Å²) in [5.41, 5.74) is 8.81. The van der Waals surface area contributed by atoms with Gasteiger partial charge in [-0.1, -0.05) is 0 Å². The number of benzene rings is 2. The Morgan fingerprint density at radius 2 is 0.789 bits per heavy atom. The molecule has 1 heteroatoms. The van der Waals surface area contributed by atoms with E-state index in [1.165, 1.54) is 33.4 Å². The van der Waals surface area contributed by atoms with E-state index in [0.29, 0.717) is 0 Å². The van der Waals surface area contributed by atoms with Gasteiger partial charge in [-0.05, 0) is 0 Å². The maximum atomic E-state index is 2.34. The van der Waals surface area contributed by atoms with Gasteiger partial charge >= 0.3 is 130 Å². The van der Waals surface area contributed by atoms with Crippen LogP contribution in [-0.4, -0.2) is 24.2 Å². The third-order valence-electron chi connectivity index (χ3n) is 3.76. The molecule has 0 amide bonds. The van der Waals surface area contributed by atoms with E-state index in [0.717, 1.165) is 0 Å². The average molecular weight is 443 g/mol. The fourth-order valence-corrected chi connectivity index (χ4v) is 8.94. The van der Waals surface area contributed by atoms with Crippen LogP contribution in [0.25, 0.3) is 0 Å². The molecule has 0 unspecified atom stereocenters. The zero-order valence-corrected chi connectivity index (χ0v) is 17.4. The molecule has 0 bridgehead atoms. The van der Waals surface area contributed by atoms with Crippen LogP contribution in [0.5, 0.6) is 0 Å². The summed E-state index contributed by atoms with van der Waals surface area (Å²) in [6.45, 7) is 13.5. The standard InChI is InChI=1S/2C9H11.Tl/c2*1-7-4-8(2)6-9(3)5-7;/h2*4-5H,1-3H3;. The summed E-state index contributed by atoms with van der Waals surface area (Å²) in [6.07, 6.45) is 0. The van der Waals surface area contributed by atoms with E-state index in [9.17, 15) is 0 Å². The van der Waals surface area contributed by atoms with Gasteiger partial charge in [-0.15, -0.1) is 0 Å². The molecular formula is C18H22Tl. The van der Waals surface area contributed by atoms with Crippen molar-refractivity contribution in [1.29, 1.82) is 0 Å². The first kappa shape index (κ1) is 14.8. The van der Waals surface area contributed by atoms with Gasteiger partial charge in [0.2, 0.25) is 0 Å². The van der Waals surface area contributed by atoms with Crippen molar-refractivity contribution in [2.24, 2.45) is 0 Å². The summed E-state index contributed by atoms with van der Waals surface area (Å²) >= 11 is -1.10. The number of hydrogen-bond donors (Lipinski definition) is 0. The first-order valence-corrected chi connectivity index (χ1v) is 11.4. The molecule has 0 saturated heterocycles. The van der Waals surface area contributed by atoms with Crippen LogP contribution < -0.4 is 6.25 Å². The van der Waals surface area contributed by atoms with Crippen LogP contribution in [0.4, 0.5) is 0 Å². The molecule has 0 radical (unpaired) electrons. The Labute approximate surface area is 129 Å². The molecule has 2 rings (SSSR count). The van der Waals surface area contributed by atoms with E-state index in [4.69, 9.17) is 0 Å². The molecule has 0 heterocycles. The van der Waals surface area contributed by atoms with Crippen molar-refractivity contribution >= 4 is 30.5 Å². The van der Waals surface area contributed by atoms with Crippen molar-refractivity contribution in [1.82, 2.24) is 0 Å². The quantitative estimate of drug-likeness (QED) is 0.627. The molecule has 0 spiro atoms. The maximum absolute atomic E-state index is 2.34. The summed E-state index contributed by atoms with van der Waals surface area (Å²) < 4.78 is 3.39. The van der Waals surface area contributed by atoms with E-state index in [1.54, 1.807) is 6.25 Å². The van der Waals surface area contributed by atoms with Crippen LogP contribution in [-0.2, 0) is 0 Å². The summed E-state index contributed by atoms with van der Waals surface area (Å²) in [7, 11) is 0. The Morgan fingerprint density at radius 3 is 1.05 bits per heavy atom. The molecule has 0 aliphatic heterocycles. The molecule has 0 nitrogen and oxygen atoms in total. The van der Waals surface area contributed by atoms with Crippen LogP contribution in [0.2, 0.25) is 0 Å². The Balaban J connectivity index is 2.48. The molecule has 0 aliphatic carbocycles. The summed E-state index contributed by atoms with van der Waals surface area (Å²) in [6, 6.07) is 9.38. The zero-order valence-electron chi connectivity index (χ0n) is 12.9. The van der Waals surface area contributed by atoms with Gasteiger partial charge in [-0.25, -0.2) is 0 Å². The predicted octanol–water partition coefficient (Wildman–Crippen LogP) is 3.19. The van der Waals surface area contributed by atoms with Gasteiger partial charge in [0.1, 0.15) is 0 Å². The molecule has 0 fully saturated rings. The fraction of sp³-hybridized carbons (Fsp3) is 0.333. The molecule has 0 N–H and O–H groups in total. The minimum absolute atomic E-state index is 1.10. The summed E-state index contributed by atoms with van der Waals surface area (Å²) in [5.74, 6) is 0. The summed E-state index contributed by atoms with van der Waals surface area (Å²) in [4.78, 5) is 0. The van der Waals surface area contributed by atoms with Crippen molar-refractivity contribution < 1.29 is 0 Å². The van der Waals surface area contributed by atoms with E-state index in [2.05, 4.69) is 65.8 Å². The first-order valence-electron chi connectivity index (χ1n) is 6.89. The topological polar surface area (TPSA) is 0 Å². The van der Waals surface area contributed by atoms with Crippen molar-refractivity contribution in [2.45, 2.75) is 41.5 Å². The summed E-state index contributed by atoms with van der Waals surface area (Å²) in [5, 5.41) is 0. The molecule has 2 aromatic rings. The minimum atomic E-state index is -1.10. The third-order valence-corrected chi connectivity index (χ3v) is 13.1. The second kappa shape index (κ2) is 5.78. The molecule has 0 aliphatic rings. The third kappa shape index (κ3) is 3.28. The zero-order chi connectivity index (χ0) is 14.2. The Kier molecular flexibility index (Phi) is 4.49. The average Bonchev–Trinajstić information content (AvgIpc) is 2.25. The number of hydrogen-bond acceptors (Lipinski definition) is 0. The van der Waals surface area contributed by atoms with Gasteiger partial charge in [0.05, 0.1) is 0 Å². The van der Waals surface area contributed by atoms with Crippen molar-refractivity contribution in [3.8, 4) is 0 Å². The molecule has 0 saturated carbocycles. The molecule has 0 atom stereocenters. The van der Waals surface area contributed by atoms with E-state index < -0.39 is 24.2 Å². The Hall–Kier alpha value is -0.638. The van der Waals surface area contributed by atoms with Gasteiger partial charge in [-0.3, -0.25) is 0 Å². The van der Waals surface area contributed by atoms with Gasteiger partial charge in [0, 0.05) is 0 Å². The molecule has 97 valence electrons. The van der Waals surface area contributed by atoms with Gasteiger partial charge in [0.15, 0.2) is 0 Å². The van der Waals surface area contributed by atoms with E-state index in [-0.39, 0.29) is 0 Å². The normalized spacial score (nSPS) is 10.4. The van der Waals surface area contributed by atoms with Crippen molar-refractivity contribution in [2.75, 3.05) is 0 Å². The van der Waals surface area contributed by atoms with Crippen molar-refractivity contribution in [3.05, 3.63) is 57.6 Å². The number of rotatable bonds is 2. The fourth-order valence-electron chi connectivity index (χ4n) is 2.98. The van der Waals surface area contributed by atoms with Crippen LogP contribution >= 0.6 is 0 Å². The van der Waals surface area contributed by atoms with E-state index >= 15 is 0 Å². The van der Waals surface area contributed by atoms with Crippen LogP contribution in [0.1, 0.15) is 33.4 Å². The van der Waals surface area contributed by atoms with Crippen molar-refractivity contribution in [3.63, 3.8) is 0 Å². The van der Waals surface area contributed by atoms with Gasteiger partial charge in [0.25, 0.3) is 0 Å². The molecule has 2 aromatic carbocycles. The van der Waals surface area contributed by atoms with Crippen LogP contribution in [0, 0.1) is 41.5 Å². The second-order valence-corrected chi connectivity index (χ2v) is 11.4. The Morgan fingerprint density at radius 1 is 0.526 bits per heavy atom. The second-order valence-electron chi connectivity index (χ2n) is 5.77. The SMILES string of the molecule is Cc1cc(C)[c]([Tl][c]2c(C)cc(C)cc2C)c(C)c1. The van der Waals surface area contributed by atoms with Gasteiger partial charge < -0.3 is 0 Å². The van der Waals surface area contributed by atoms with Crippen LogP contribution in [0.3, 0.4) is 0 Å². The predicted molar refractivity (Wildman–Crippen MR) is 86.3 cm³/mol. The van der Waals surface area contributed by atoms with Crippen LogP contribution in [0.15, 0.2) is 24.3 Å². The number of aryl methyl sites for hydroxylation is 6. The molecule has 19 heavy (non-hydrogen) atoms.